The average Bonchev–Trinajstić information content (AvgIpc) is 2.57. The maximum absolute atomic E-state index is 13.1. The first kappa shape index (κ1) is 18.9. The van der Waals surface area contributed by atoms with Crippen molar-refractivity contribution < 1.29 is 13.9 Å². The predicted octanol–water partition coefficient (Wildman–Crippen LogP) is 3.28. The Bertz CT molecular complexity index is 499. The fourth-order valence-corrected chi connectivity index (χ4v) is 3.19. The molecule has 0 unspecified atom stereocenters. The molecule has 1 atom stereocenters. The summed E-state index contributed by atoms with van der Waals surface area (Å²) < 4.78 is 18.9. The molecule has 1 saturated carbocycles. The minimum Gasteiger partial charge on any atom is -0.378 e. The van der Waals surface area contributed by atoms with Crippen LogP contribution in [0, 0.1) is 5.82 Å². The van der Waals surface area contributed by atoms with Gasteiger partial charge in [0, 0.05) is 13.2 Å². The number of hydrogen-bond acceptors (Lipinski definition) is 3. The van der Waals surface area contributed by atoms with Crippen molar-refractivity contribution in [2.24, 2.45) is 0 Å². The summed E-state index contributed by atoms with van der Waals surface area (Å²) >= 11 is 0. The van der Waals surface area contributed by atoms with E-state index in [1.807, 2.05) is 19.0 Å². The van der Waals surface area contributed by atoms with Crippen LogP contribution in [-0.2, 0) is 9.53 Å². The van der Waals surface area contributed by atoms with Crippen molar-refractivity contribution in [2.75, 3.05) is 27.2 Å². The normalized spacial score (nSPS) is 17.0. The van der Waals surface area contributed by atoms with Gasteiger partial charge in [0.25, 0.3) is 0 Å². The van der Waals surface area contributed by atoms with Gasteiger partial charge in [-0.3, -0.25) is 9.69 Å². The summed E-state index contributed by atoms with van der Waals surface area (Å²) in [6.45, 7) is 1.28. The SMILES string of the molecule is CN(C)[C@@H](C(=O)NCCCOC1CCCCC1)c1ccc(F)cc1. The van der Waals surface area contributed by atoms with E-state index in [1.165, 1.54) is 44.2 Å². The predicted molar refractivity (Wildman–Crippen MR) is 93.3 cm³/mol. The third-order valence-electron chi connectivity index (χ3n) is 4.48. The minimum atomic E-state index is -0.412. The number of likely N-dealkylation sites (N-methyl/N-ethyl adjacent to an activating group) is 1. The van der Waals surface area contributed by atoms with Gasteiger partial charge in [-0.15, -0.1) is 0 Å². The van der Waals surface area contributed by atoms with Crippen molar-refractivity contribution in [3.05, 3.63) is 35.6 Å². The molecule has 0 bridgehead atoms. The summed E-state index contributed by atoms with van der Waals surface area (Å²) in [6, 6.07) is 5.68. The third kappa shape index (κ3) is 5.87. The Morgan fingerprint density at radius 2 is 1.92 bits per heavy atom. The fourth-order valence-electron chi connectivity index (χ4n) is 3.19. The van der Waals surface area contributed by atoms with E-state index in [1.54, 1.807) is 12.1 Å². The second-order valence-corrected chi connectivity index (χ2v) is 6.69. The average molecular weight is 336 g/mol. The van der Waals surface area contributed by atoms with Gasteiger partial charge < -0.3 is 10.1 Å². The molecule has 0 aromatic heterocycles. The molecule has 1 aliphatic carbocycles. The van der Waals surface area contributed by atoms with Crippen LogP contribution in [0.1, 0.15) is 50.1 Å². The molecule has 24 heavy (non-hydrogen) atoms. The Labute approximate surface area is 144 Å². The van der Waals surface area contributed by atoms with Gasteiger partial charge in [-0.2, -0.15) is 0 Å². The number of amides is 1. The van der Waals surface area contributed by atoms with Crippen LogP contribution >= 0.6 is 0 Å². The Morgan fingerprint density at radius 1 is 1.25 bits per heavy atom. The van der Waals surface area contributed by atoms with Gasteiger partial charge in [0.05, 0.1) is 6.10 Å². The number of carbonyl (C=O) groups excluding carboxylic acids is 1. The molecule has 1 amide bonds. The standard InChI is InChI=1S/C19H29FN2O2/c1-22(2)18(15-9-11-16(20)12-10-15)19(23)21-13-6-14-24-17-7-4-3-5-8-17/h9-12,17-18H,3-8,13-14H2,1-2H3,(H,21,23)/t18-/m1/s1. The van der Waals surface area contributed by atoms with Crippen molar-refractivity contribution in [3.8, 4) is 0 Å². The highest BCUT2D eigenvalue weighted by atomic mass is 19.1. The van der Waals surface area contributed by atoms with E-state index in [0.29, 0.717) is 19.3 Å². The Balaban J connectivity index is 1.73. The van der Waals surface area contributed by atoms with Crippen LogP contribution < -0.4 is 5.32 Å². The topological polar surface area (TPSA) is 41.6 Å². The lowest BCUT2D eigenvalue weighted by molar-refractivity contribution is -0.125. The van der Waals surface area contributed by atoms with Gasteiger partial charge in [-0.1, -0.05) is 31.4 Å². The highest BCUT2D eigenvalue weighted by Gasteiger charge is 2.22. The highest BCUT2D eigenvalue weighted by Crippen LogP contribution is 2.20. The van der Waals surface area contributed by atoms with Gasteiger partial charge in [-0.05, 0) is 51.1 Å². The number of rotatable bonds is 8. The number of nitrogens with one attached hydrogen (secondary N) is 1. The number of benzene rings is 1. The molecular weight excluding hydrogens is 307 g/mol. The van der Waals surface area contributed by atoms with Gasteiger partial charge in [0.15, 0.2) is 0 Å². The maximum atomic E-state index is 13.1. The fraction of sp³-hybridized carbons (Fsp3) is 0.632. The monoisotopic (exact) mass is 336 g/mol. The molecule has 1 aliphatic rings. The molecule has 1 aromatic carbocycles. The summed E-state index contributed by atoms with van der Waals surface area (Å²) in [7, 11) is 3.69. The molecule has 134 valence electrons. The largest absolute Gasteiger partial charge is 0.378 e. The summed E-state index contributed by atoms with van der Waals surface area (Å²) in [4.78, 5) is 14.3. The molecule has 0 aliphatic heterocycles. The highest BCUT2D eigenvalue weighted by molar-refractivity contribution is 5.83. The van der Waals surface area contributed by atoms with Crippen molar-refractivity contribution in [3.63, 3.8) is 0 Å². The molecule has 2 rings (SSSR count). The first-order valence-electron chi connectivity index (χ1n) is 8.89. The molecule has 1 aromatic rings. The molecule has 1 fully saturated rings. The lowest BCUT2D eigenvalue weighted by Crippen LogP contribution is -2.37. The molecule has 0 spiro atoms. The first-order chi connectivity index (χ1) is 11.6. The number of halogens is 1. The van der Waals surface area contributed by atoms with Crippen LogP contribution in [0.3, 0.4) is 0 Å². The lowest BCUT2D eigenvalue weighted by atomic mass is 9.98. The van der Waals surface area contributed by atoms with Gasteiger partial charge >= 0.3 is 0 Å². The second kappa shape index (κ2) is 9.74. The molecule has 4 nitrogen and oxygen atoms in total. The van der Waals surface area contributed by atoms with Crippen molar-refractivity contribution in [2.45, 2.75) is 50.7 Å². The Morgan fingerprint density at radius 3 is 2.54 bits per heavy atom. The smallest absolute Gasteiger partial charge is 0.241 e. The molecular formula is C19H29FN2O2. The first-order valence-corrected chi connectivity index (χ1v) is 8.89. The van der Waals surface area contributed by atoms with Crippen molar-refractivity contribution >= 4 is 5.91 Å². The van der Waals surface area contributed by atoms with E-state index in [-0.39, 0.29) is 11.7 Å². The third-order valence-corrected chi connectivity index (χ3v) is 4.48. The van der Waals surface area contributed by atoms with Crippen LogP contribution in [0.25, 0.3) is 0 Å². The van der Waals surface area contributed by atoms with E-state index >= 15 is 0 Å². The summed E-state index contributed by atoms with van der Waals surface area (Å²) in [6.07, 6.45) is 7.41. The van der Waals surface area contributed by atoms with Gasteiger partial charge in [0.2, 0.25) is 5.91 Å². The van der Waals surface area contributed by atoms with E-state index in [2.05, 4.69) is 5.32 Å². The van der Waals surface area contributed by atoms with Crippen LogP contribution in [0.2, 0.25) is 0 Å². The molecule has 0 saturated heterocycles. The van der Waals surface area contributed by atoms with Crippen molar-refractivity contribution in [1.82, 2.24) is 10.2 Å². The second-order valence-electron chi connectivity index (χ2n) is 6.69. The van der Waals surface area contributed by atoms with Crippen molar-refractivity contribution in [1.29, 1.82) is 0 Å². The maximum Gasteiger partial charge on any atom is 0.241 e. The van der Waals surface area contributed by atoms with E-state index in [4.69, 9.17) is 4.74 Å². The number of carbonyl (C=O) groups is 1. The zero-order chi connectivity index (χ0) is 17.4. The molecule has 5 heteroatoms. The quantitative estimate of drug-likeness (QED) is 0.741. The van der Waals surface area contributed by atoms with Crippen LogP contribution in [0.4, 0.5) is 4.39 Å². The summed E-state index contributed by atoms with van der Waals surface area (Å²) in [5, 5.41) is 2.96. The minimum absolute atomic E-state index is 0.0655. The zero-order valence-corrected chi connectivity index (χ0v) is 14.8. The van der Waals surface area contributed by atoms with Crippen LogP contribution in [0.15, 0.2) is 24.3 Å². The Kier molecular flexibility index (Phi) is 7.66. The molecule has 0 heterocycles. The van der Waals surface area contributed by atoms with E-state index < -0.39 is 6.04 Å². The van der Waals surface area contributed by atoms with E-state index in [9.17, 15) is 9.18 Å². The number of nitrogens with zero attached hydrogens (tertiary/aromatic N) is 1. The van der Waals surface area contributed by atoms with E-state index in [0.717, 1.165) is 12.0 Å². The lowest BCUT2D eigenvalue weighted by Gasteiger charge is -2.24. The zero-order valence-electron chi connectivity index (χ0n) is 14.8. The summed E-state index contributed by atoms with van der Waals surface area (Å²) in [5.41, 5.74) is 0.789. The van der Waals surface area contributed by atoms with Crippen LogP contribution in [-0.4, -0.2) is 44.2 Å². The number of ether oxygens (including phenoxy) is 1. The van der Waals surface area contributed by atoms with Gasteiger partial charge in [0.1, 0.15) is 11.9 Å². The van der Waals surface area contributed by atoms with Crippen LogP contribution in [0.5, 0.6) is 0 Å². The molecule has 0 radical (unpaired) electrons. The molecule has 1 N–H and O–H groups in total. The summed E-state index contributed by atoms with van der Waals surface area (Å²) in [5.74, 6) is -0.360. The van der Waals surface area contributed by atoms with Gasteiger partial charge in [-0.25, -0.2) is 4.39 Å². The Hall–Kier alpha value is -1.46. The number of hydrogen-bond donors (Lipinski definition) is 1.